The van der Waals surface area contributed by atoms with E-state index in [1.807, 2.05) is 43.3 Å². The average Bonchev–Trinajstić information content (AvgIpc) is 2.62. The topological polar surface area (TPSA) is 55.4 Å². The number of benzene rings is 2. The van der Waals surface area contributed by atoms with Crippen molar-refractivity contribution in [3.8, 4) is 0 Å². The molecule has 0 aliphatic rings. The van der Waals surface area contributed by atoms with E-state index in [-0.39, 0.29) is 11.8 Å². The van der Waals surface area contributed by atoms with Crippen molar-refractivity contribution >= 4 is 11.9 Å². The summed E-state index contributed by atoms with van der Waals surface area (Å²) in [7, 11) is 1.34. The van der Waals surface area contributed by atoms with Crippen LogP contribution in [0, 0.1) is 0 Å². The van der Waals surface area contributed by atoms with Crippen molar-refractivity contribution in [2.45, 2.75) is 25.3 Å². The van der Waals surface area contributed by atoms with Crippen molar-refractivity contribution < 1.29 is 14.3 Å². The lowest BCUT2D eigenvalue weighted by Crippen LogP contribution is -2.45. The molecule has 0 heterocycles. The molecule has 4 nitrogen and oxygen atoms in total. The van der Waals surface area contributed by atoms with Gasteiger partial charge in [-0.25, -0.2) is 4.79 Å². The Morgan fingerprint density at radius 2 is 1.57 bits per heavy atom. The van der Waals surface area contributed by atoms with Gasteiger partial charge in [0.1, 0.15) is 6.04 Å². The highest BCUT2D eigenvalue weighted by molar-refractivity contribution is 5.97. The highest BCUT2D eigenvalue weighted by atomic mass is 16.5. The number of carbonyl (C=O) groups is 2. The molecule has 2 atom stereocenters. The first kappa shape index (κ1) is 16.7. The van der Waals surface area contributed by atoms with Crippen LogP contribution in [0.3, 0.4) is 0 Å². The van der Waals surface area contributed by atoms with Gasteiger partial charge in [0.2, 0.25) is 0 Å². The number of ether oxygens (including phenoxy) is 1. The smallest absolute Gasteiger partial charge is 0.329 e. The van der Waals surface area contributed by atoms with Crippen molar-refractivity contribution in [1.29, 1.82) is 0 Å². The summed E-state index contributed by atoms with van der Waals surface area (Å²) >= 11 is 0. The van der Waals surface area contributed by atoms with Crippen LogP contribution in [-0.2, 0) is 9.53 Å². The molecule has 0 radical (unpaired) electrons. The second-order valence-electron chi connectivity index (χ2n) is 5.27. The van der Waals surface area contributed by atoms with E-state index in [9.17, 15) is 9.59 Å². The molecule has 0 spiro atoms. The highest BCUT2D eigenvalue weighted by Crippen LogP contribution is 2.24. The van der Waals surface area contributed by atoms with Crippen molar-refractivity contribution in [2.75, 3.05) is 7.11 Å². The first-order valence-electron chi connectivity index (χ1n) is 7.66. The quantitative estimate of drug-likeness (QED) is 0.834. The maximum atomic E-state index is 12.4. The molecule has 0 unspecified atom stereocenters. The fraction of sp³-hybridized carbons (Fsp3) is 0.263. The van der Waals surface area contributed by atoms with Crippen LogP contribution in [0.1, 0.15) is 35.2 Å². The molecule has 1 amide bonds. The van der Waals surface area contributed by atoms with E-state index in [0.717, 1.165) is 5.56 Å². The molecule has 2 aromatic rings. The highest BCUT2D eigenvalue weighted by Gasteiger charge is 2.31. The minimum absolute atomic E-state index is 0.142. The monoisotopic (exact) mass is 311 g/mol. The Balaban J connectivity index is 2.26. The third-order valence-corrected chi connectivity index (χ3v) is 3.85. The Morgan fingerprint density at radius 3 is 2.09 bits per heavy atom. The van der Waals surface area contributed by atoms with Gasteiger partial charge < -0.3 is 10.1 Å². The molecule has 2 aromatic carbocycles. The second kappa shape index (κ2) is 8.13. The Labute approximate surface area is 136 Å². The maximum Gasteiger partial charge on any atom is 0.329 e. The Kier molecular flexibility index (Phi) is 5.92. The van der Waals surface area contributed by atoms with Crippen LogP contribution in [0.4, 0.5) is 0 Å². The SMILES string of the molecule is CC[C@@H](c1ccccc1)[C@@H](NC(=O)c1ccccc1)C(=O)OC. The van der Waals surface area contributed by atoms with Crippen LogP contribution in [0.15, 0.2) is 60.7 Å². The molecule has 1 N–H and O–H groups in total. The van der Waals surface area contributed by atoms with E-state index >= 15 is 0 Å². The zero-order valence-corrected chi connectivity index (χ0v) is 13.4. The molecule has 0 aliphatic heterocycles. The van der Waals surface area contributed by atoms with Gasteiger partial charge in [-0.2, -0.15) is 0 Å². The largest absolute Gasteiger partial charge is 0.467 e. The first-order valence-corrected chi connectivity index (χ1v) is 7.66. The molecule has 120 valence electrons. The molecule has 0 aromatic heterocycles. The minimum atomic E-state index is -0.722. The van der Waals surface area contributed by atoms with Crippen LogP contribution in [0.5, 0.6) is 0 Å². The van der Waals surface area contributed by atoms with Crippen molar-refractivity contribution in [2.24, 2.45) is 0 Å². The summed E-state index contributed by atoms with van der Waals surface area (Å²) in [5, 5.41) is 2.82. The lowest BCUT2D eigenvalue weighted by atomic mass is 9.89. The van der Waals surface area contributed by atoms with Crippen LogP contribution in [-0.4, -0.2) is 25.0 Å². The number of methoxy groups -OCH3 is 1. The van der Waals surface area contributed by atoms with Crippen LogP contribution in [0.2, 0.25) is 0 Å². The van der Waals surface area contributed by atoms with E-state index in [4.69, 9.17) is 4.74 Å². The molecule has 0 bridgehead atoms. The molecule has 4 heteroatoms. The molecule has 0 aliphatic carbocycles. The van der Waals surface area contributed by atoms with Gasteiger partial charge >= 0.3 is 5.97 Å². The summed E-state index contributed by atoms with van der Waals surface area (Å²) in [6.07, 6.45) is 0.707. The van der Waals surface area contributed by atoms with Crippen molar-refractivity contribution in [3.05, 3.63) is 71.8 Å². The van der Waals surface area contributed by atoms with Gasteiger partial charge in [-0.15, -0.1) is 0 Å². The van der Waals surface area contributed by atoms with Gasteiger partial charge in [0.25, 0.3) is 5.91 Å². The third kappa shape index (κ3) is 4.19. The number of amides is 1. The fourth-order valence-corrected chi connectivity index (χ4v) is 2.63. The van der Waals surface area contributed by atoms with E-state index in [1.54, 1.807) is 24.3 Å². The lowest BCUT2D eigenvalue weighted by Gasteiger charge is -2.25. The van der Waals surface area contributed by atoms with Gasteiger partial charge in [0.15, 0.2) is 0 Å². The third-order valence-electron chi connectivity index (χ3n) is 3.85. The molecular formula is C19H21NO3. The number of nitrogens with one attached hydrogen (secondary N) is 1. The van der Waals surface area contributed by atoms with E-state index in [2.05, 4.69) is 5.32 Å². The molecule has 0 saturated carbocycles. The van der Waals surface area contributed by atoms with Crippen molar-refractivity contribution in [3.63, 3.8) is 0 Å². The average molecular weight is 311 g/mol. The van der Waals surface area contributed by atoms with E-state index < -0.39 is 12.0 Å². The maximum absolute atomic E-state index is 12.4. The predicted octanol–water partition coefficient (Wildman–Crippen LogP) is 3.15. The van der Waals surface area contributed by atoms with Crippen molar-refractivity contribution in [1.82, 2.24) is 5.32 Å². The Bertz CT molecular complexity index is 640. The number of hydrogen-bond acceptors (Lipinski definition) is 3. The van der Waals surface area contributed by atoms with Crippen LogP contribution in [0.25, 0.3) is 0 Å². The normalized spacial score (nSPS) is 13.0. The Morgan fingerprint density at radius 1 is 1.00 bits per heavy atom. The molecular weight excluding hydrogens is 290 g/mol. The van der Waals surface area contributed by atoms with E-state index in [0.29, 0.717) is 12.0 Å². The summed E-state index contributed by atoms with van der Waals surface area (Å²) < 4.78 is 4.90. The number of esters is 1. The summed E-state index contributed by atoms with van der Waals surface area (Å²) in [6, 6.07) is 17.8. The van der Waals surface area contributed by atoms with Crippen LogP contribution >= 0.6 is 0 Å². The van der Waals surface area contributed by atoms with Gasteiger partial charge in [-0.05, 0) is 24.1 Å². The molecule has 23 heavy (non-hydrogen) atoms. The van der Waals surface area contributed by atoms with Gasteiger partial charge in [0, 0.05) is 11.5 Å². The summed E-state index contributed by atoms with van der Waals surface area (Å²) in [6.45, 7) is 1.99. The zero-order valence-electron chi connectivity index (χ0n) is 13.4. The number of hydrogen-bond donors (Lipinski definition) is 1. The first-order chi connectivity index (χ1) is 11.2. The second-order valence-corrected chi connectivity index (χ2v) is 5.27. The standard InChI is InChI=1S/C19H21NO3/c1-3-16(14-10-6-4-7-11-14)17(19(22)23-2)20-18(21)15-12-8-5-9-13-15/h4-13,16-17H,3H2,1-2H3,(H,20,21)/t16-,17+/m0/s1. The van der Waals surface area contributed by atoms with Gasteiger partial charge in [0.05, 0.1) is 7.11 Å². The van der Waals surface area contributed by atoms with Gasteiger partial charge in [-0.1, -0.05) is 55.5 Å². The molecule has 0 fully saturated rings. The minimum Gasteiger partial charge on any atom is -0.467 e. The predicted molar refractivity (Wildman–Crippen MR) is 89.2 cm³/mol. The van der Waals surface area contributed by atoms with Crippen LogP contribution < -0.4 is 5.32 Å². The zero-order chi connectivity index (χ0) is 16.7. The number of rotatable bonds is 6. The summed E-state index contributed by atoms with van der Waals surface area (Å²) in [5.74, 6) is -0.864. The van der Waals surface area contributed by atoms with E-state index in [1.165, 1.54) is 7.11 Å². The Hall–Kier alpha value is -2.62. The molecule has 2 rings (SSSR count). The number of carbonyl (C=O) groups excluding carboxylic acids is 2. The van der Waals surface area contributed by atoms with Gasteiger partial charge in [-0.3, -0.25) is 4.79 Å². The molecule has 0 saturated heterocycles. The summed E-state index contributed by atoms with van der Waals surface area (Å²) in [4.78, 5) is 24.6. The summed E-state index contributed by atoms with van der Waals surface area (Å²) in [5.41, 5.74) is 1.52. The lowest BCUT2D eigenvalue weighted by molar-refractivity contribution is -0.143. The fourth-order valence-electron chi connectivity index (χ4n) is 2.63.